The number of amides is 1. The second-order valence-corrected chi connectivity index (χ2v) is 7.06. The van der Waals surface area contributed by atoms with Crippen LogP contribution in [0.15, 0.2) is 24.5 Å². The Morgan fingerprint density at radius 3 is 2.43 bits per heavy atom. The number of nitrogens with one attached hydrogen (secondary N) is 1. The highest BCUT2D eigenvalue weighted by Crippen LogP contribution is 2.37. The Morgan fingerprint density at radius 1 is 1.30 bits per heavy atom. The highest BCUT2D eigenvalue weighted by Gasteiger charge is 2.34. The molecule has 1 aromatic heterocycles. The molecule has 1 heterocycles. The third-order valence-electron chi connectivity index (χ3n) is 5.08. The van der Waals surface area contributed by atoms with E-state index in [1.54, 1.807) is 12.4 Å². The minimum atomic E-state index is -0.509. The molecule has 1 aliphatic rings. The first-order valence-corrected chi connectivity index (χ1v) is 8.93. The van der Waals surface area contributed by atoms with Gasteiger partial charge in [0, 0.05) is 12.4 Å². The van der Waals surface area contributed by atoms with Crippen LogP contribution in [0, 0.1) is 11.8 Å². The summed E-state index contributed by atoms with van der Waals surface area (Å²) in [7, 11) is 0. The third-order valence-corrected chi connectivity index (χ3v) is 5.08. The predicted octanol–water partition coefficient (Wildman–Crippen LogP) is 3.27. The van der Waals surface area contributed by atoms with Crippen molar-refractivity contribution in [2.45, 2.75) is 70.9 Å². The van der Waals surface area contributed by atoms with Crippen molar-refractivity contribution in [2.24, 2.45) is 11.8 Å². The number of hydrogen-bond acceptors (Lipinski definition) is 3. The zero-order valence-electron chi connectivity index (χ0n) is 14.5. The minimum absolute atomic E-state index is 0.0506. The Labute approximate surface area is 139 Å². The van der Waals surface area contributed by atoms with Crippen LogP contribution in [0.5, 0.6) is 0 Å². The van der Waals surface area contributed by atoms with E-state index in [-0.39, 0.29) is 23.8 Å². The Morgan fingerprint density at radius 2 is 1.91 bits per heavy atom. The summed E-state index contributed by atoms with van der Waals surface area (Å²) in [6, 6.07) is 3.71. The number of carbonyl (C=O) groups excluding carboxylic acids is 1. The zero-order valence-corrected chi connectivity index (χ0v) is 14.5. The van der Waals surface area contributed by atoms with E-state index in [1.807, 2.05) is 32.9 Å². The Hall–Kier alpha value is -1.42. The van der Waals surface area contributed by atoms with Crippen LogP contribution in [0.4, 0.5) is 0 Å². The maximum absolute atomic E-state index is 13.0. The predicted molar refractivity (Wildman–Crippen MR) is 92.0 cm³/mol. The molecule has 0 spiro atoms. The smallest absolute Gasteiger partial charge is 0.228 e. The molecule has 0 saturated heterocycles. The first-order chi connectivity index (χ1) is 11.0. The molecule has 1 saturated carbocycles. The summed E-state index contributed by atoms with van der Waals surface area (Å²) in [5, 5.41) is 13.4. The zero-order chi connectivity index (χ0) is 16.8. The summed E-state index contributed by atoms with van der Waals surface area (Å²) in [6.07, 6.45) is 8.34. The number of carbonyl (C=O) groups is 1. The lowest BCUT2D eigenvalue weighted by Crippen LogP contribution is -2.47. The van der Waals surface area contributed by atoms with Crippen LogP contribution in [0.2, 0.25) is 0 Å². The Balaban J connectivity index is 2.16. The molecule has 4 nitrogen and oxygen atoms in total. The number of nitrogens with zero attached hydrogens (tertiary/aromatic N) is 1. The number of pyridine rings is 1. The summed E-state index contributed by atoms with van der Waals surface area (Å²) < 4.78 is 0. The van der Waals surface area contributed by atoms with Gasteiger partial charge in [-0.05, 0) is 48.8 Å². The standard InChI is InChI=1S/C19H30N2O2/c1-4-16(18(22)13(2)3)21-19(23)17(14-7-5-6-8-14)15-9-11-20-12-10-15/h9-14,16-18,22H,4-8H2,1-3H3,(H,21,23). The van der Waals surface area contributed by atoms with Crippen LogP contribution < -0.4 is 5.32 Å². The third kappa shape index (κ3) is 4.54. The molecule has 0 aromatic carbocycles. The van der Waals surface area contributed by atoms with E-state index in [2.05, 4.69) is 10.3 Å². The minimum Gasteiger partial charge on any atom is -0.391 e. The molecule has 3 unspecified atom stereocenters. The van der Waals surface area contributed by atoms with Crippen molar-refractivity contribution in [3.05, 3.63) is 30.1 Å². The first-order valence-electron chi connectivity index (χ1n) is 8.93. The first kappa shape index (κ1) is 17.9. The van der Waals surface area contributed by atoms with E-state index >= 15 is 0 Å². The fourth-order valence-corrected chi connectivity index (χ4v) is 3.67. The van der Waals surface area contributed by atoms with Gasteiger partial charge in [-0.2, -0.15) is 0 Å². The molecule has 0 aliphatic heterocycles. The molecule has 1 fully saturated rings. The molecule has 128 valence electrons. The monoisotopic (exact) mass is 318 g/mol. The van der Waals surface area contributed by atoms with Gasteiger partial charge in [-0.25, -0.2) is 0 Å². The number of aliphatic hydroxyl groups is 1. The van der Waals surface area contributed by atoms with Gasteiger partial charge in [0.1, 0.15) is 0 Å². The van der Waals surface area contributed by atoms with Crippen LogP contribution in [0.3, 0.4) is 0 Å². The molecule has 1 aromatic rings. The van der Waals surface area contributed by atoms with Crippen LogP contribution in [0.25, 0.3) is 0 Å². The largest absolute Gasteiger partial charge is 0.391 e. The van der Waals surface area contributed by atoms with Gasteiger partial charge in [0.05, 0.1) is 18.1 Å². The molecular formula is C19H30N2O2. The van der Waals surface area contributed by atoms with E-state index in [1.165, 1.54) is 12.8 Å². The molecule has 2 rings (SSSR count). The van der Waals surface area contributed by atoms with Crippen molar-refractivity contribution in [1.82, 2.24) is 10.3 Å². The van der Waals surface area contributed by atoms with Gasteiger partial charge < -0.3 is 10.4 Å². The molecule has 0 bridgehead atoms. The van der Waals surface area contributed by atoms with Gasteiger partial charge in [0.25, 0.3) is 0 Å². The number of aliphatic hydroxyl groups excluding tert-OH is 1. The summed E-state index contributed by atoms with van der Waals surface area (Å²) >= 11 is 0. The molecule has 3 atom stereocenters. The highest BCUT2D eigenvalue weighted by atomic mass is 16.3. The van der Waals surface area contributed by atoms with Crippen molar-refractivity contribution in [3.8, 4) is 0 Å². The van der Waals surface area contributed by atoms with Crippen molar-refractivity contribution in [3.63, 3.8) is 0 Å². The maximum Gasteiger partial charge on any atom is 0.228 e. The molecule has 2 N–H and O–H groups in total. The van der Waals surface area contributed by atoms with Crippen molar-refractivity contribution < 1.29 is 9.90 Å². The summed E-state index contributed by atoms with van der Waals surface area (Å²) in [5.74, 6) is 0.445. The topological polar surface area (TPSA) is 62.2 Å². The van der Waals surface area contributed by atoms with Gasteiger partial charge in [0.2, 0.25) is 5.91 Å². The average molecular weight is 318 g/mol. The van der Waals surface area contributed by atoms with Crippen LogP contribution in [-0.4, -0.2) is 28.1 Å². The normalized spacial score (nSPS) is 19.5. The van der Waals surface area contributed by atoms with Gasteiger partial charge in [-0.3, -0.25) is 9.78 Å². The molecular weight excluding hydrogens is 288 g/mol. The quantitative estimate of drug-likeness (QED) is 0.811. The summed E-state index contributed by atoms with van der Waals surface area (Å²) in [6.45, 7) is 5.97. The Bertz CT molecular complexity index is 483. The fourth-order valence-electron chi connectivity index (χ4n) is 3.67. The lowest BCUT2D eigenvalue weighted by atomic mass is 9.84. The van der Waals surface area contributed by atoms with Gasteiger partial charge in [-0.1, -0.05) is 33.6 Å². The molecule has 0 radical (unpaired) electrons. The van der Waals surface area contributed by atoms with E-state index in [4.69, 9.17) is 0 Å². The second-order valence-electron chi connectivity index (χ2n) is 7.06. The van der Waals surface area contributed by atoms with E-state index in [0.29, 0.717) is 5.92 Å². The molecule has 23 heavy (non-hydrogen) atoms. The molecule has 1 aliphatic carbocycles. The van der Waals surface area contributed by atoms with Crippen LogP contribution in [-0.2, 0) is 4.79 Å². The fraction of sp³-hybridized carbons (Fsp3) is 0.684. The van der Waals surface area contributed by atoms with Crippen molar-refractivity contribution in [2.75, 3.05) is 0 Å². The number of rotatable bonds is 7. The lowest BCUT2D eigenvalue weighted by Gasteiger charge is -2.30. The van der Waals surface area contributed by atoms with Crippen LogP contribution in [0.1, 0.15) is 64.4 Å². The maximum atomic E-state index is 13.0. The Kier molecular flexibility index (Phi) is 6.58. The average Bonchev–Trinajstić information content (AvgIpc) is 3.07. The van der Waals surface area contributed by atoms with Crippen LogP contribution >= 0.6 is 0 Å². The lowest BCUT2D eigenvalue weighted by molar-refractivity contribution is -0.125. The molecule has 4 heteroatoms. The van der Waals surface area contributed by atoms with Gasteiger partial charge in [0.15, 0.2) is 0 Å². The van der Waals surface area contributed by atoms with E-state index in [9.17, 15) is 9.90 Å². The van der Waals surface area contributed by atoms with Gasteiger partial charge in [-0.15, -0.1) is 0 Å². The summed E-state index contributed by atoms with van der Waals surface area (Å²) in [5.41, 5.74) is 1.04. The van der Waals surface area contributed by atoms with E-state index in [0.717, 1.165) is 24.8 Å². The van der Waals surface area contributed by atoms with Gasteiger partial charge >= 0.3 is 0 Å². The number of hydrogen-bond donors (Lipinski definition) is 2. The van der Waals surface area contributed by atoms with Crippen molar-refractivity contribution in [1.29, 1.82) is 0 Å². The molecule has 1 amide bonds. The number of aromatic nitrogens is 1. The summed E-state index contributed by atoms with van der Waals surface area (Å²) in [4.78, 5) is 17.1. The highest BCUT2D eigenvalue weighted by molar-refractivity contribution is 5.84. The second kappa shape index (κ2) is 8.44. The van der Waals surface area contributed by atoms with Crippen molar-refractivity contribution >= 4 is 5.91 Å². The SMILES string of the molecule is CCC(NC(=O)C(c1ccncc1)C1CCCC1)C(O)C(C)C. The van der Waals surface area contributed by atoms with E-state index < -0.39 is 6.10 Å².